The Labute approximate surface area is 152 Å². The van der Waals surface area contributed by atoms with Crippen LogP contribution in [-0.4, -0.2) is 30.6 Å². The third-order valence-electron chi connectivity index (χ3n) is 3.43. The van der Waals surface area contributed by atoms with Crippen molar-refractivity contribution in [3.63, 3.8) is 0 Å². The Morgan fingerprint density at radius 1 is 1.23 bits per heavy atom. The molecule has 0 saturated heterocycles. The third kappa shape index (κ3) is 3.96. The van der Waals surface area contributed by atoms with Gasteiger partial charge in [0.1, 0.15) is 5.75 Å². The minimum atomic E-state index is -0.640. The molecular formula is C18H13N3O4S. The van der Waals surface area contributed by atoms with Gasteiger partial charge in [0.2, 0.25) is 0 Å². The summed E-state index contributed by atoms with van der Waals surface area (Å²) in [7, 11) is 1.58. The number of benzene rings is 2. The molecule has 0 aliphatic heterocycles. The van der Waals surface area contributed by atoms with E-state index in [0.717, 1.165) is 10.2 Å². The fraction of sp³-hybridized carbons (Fsp3) is 0.111. The van der Waals surface area contributed by atoms with Crippen molar-refractivity contribution in [1.29, 1.82) is 5.26 Å². The number of rotatable bonds is 5. The molecule has 0 unspecified atom stereocenters. The van der Waals surface area contributed by atoms with Gasteiger partial charge in [-0.3, -0.25) is 10.1 Å². The van der Waals surface area contributed by atoms with Crippen LogP contribution in [0, 0.1) is 11.3 Å². The average molecular weight is 367 g/mol. The lowest BCUT2D eigenvalue weighted by molar-refractivity contribution is -0.119. The predicted octanol–water partition coefficient (Wildman–Crippen LogP) is 2.97. The van der Waals surface area contributed by atoms with E-state index >= 15 is 0 Å². The maximum absolute atomic E-state index is 12.0. The summed E-state index contributed by atoms with van der Waals surface area (Å²) in [5.74, 6) is -0.424. The molecule has 0 saturated carbocycles. The Hall–Kier alpha value is -3.44. The number of carbonyl (C=O) groups excluding carboxylic acids is 2. The molecule has 8 heteroatoms. The van der Waals surface area contributed by atoms with Crippen molar-refractivity contribution in [3.05, 3.63) is 53.6 Å². The zero-order valence-electron chi connectivity index (χ0n) is 13.7. The van der Waals surface area contributed by atoms with Gasteiger partial charge in [0.05, 0.1) is 34.5 Å². The molecule has 130 valence electrons. The number of fused-ring (bicyclic) bond motifs is 1. The molecule has 0 aliphatic rings. The maximum atomic E-state index is 12.0. The molecule has 0 aliphatic carbocycles. The minimum Gasteiger partial charge on any atom is -0.497 e. The van der Waals surface area contributed by atoms with E-state index in [0.29, 0.717) is 16.4 Å². The number of carbonyl (C=O) groups is 2. The smallest absolute Gasteiger partial charge is 0.338 e. The van der Waals surface area contributed by atoms with E-state index in [4.69, 9.17) is 14.7 Å². The van der Waals surface area contributed by atoms with E-state index in [2.05, 4.69) is 10.3 Å². The first kappa shape index (κ1) is 17.4. The van der Waals surface area contributed by atoms with Crippen molar-refractivity contribution in [1.82, 2.24) is 4.98 Å². The summed E-state index contributed by atoms with van der Waals surface area (Å²) >= 11 is 1.30. The first-order valence-corrected chi connectivity index (χ1v) is 8.32. The molecule has 1 heterocycles. The van der Waals surface area contributed by atoms with Crippen LogP contribution in [0.1, 0.15) is 15.9 Å². The predicted molar refractivity (Wildman–Crippen MR) is 96.2 cm³/mol. The topological polar surface area (TPSA) is 101 Å². The highest BCUT2D eigenvalue weighted by atomic mass is 32.1. The van der Waals surface area contributed by atoms with Crippen molar-refractivity contribution in [2.75, 3.05) is 19.0 Å². The van der Waals surface area contributed by atoms with Crippen molar-refractivity contribution in [2.45, 2.75) is 0 Å². The monoisotopic (exact) mass is 367 g/mol. The lowest BCUT2D eigenvalue weighted by Crippen LogP contribution is -2.20. The van der Waals surface area contributed by atoms with Crippen LogP contribution in [0.25, 0.3) is 10.2 Å². The van der Waals surface area contributed by atoms with Gasteiger partial charge in [-0.1, -0.05) is 11.3 Å². The average Bonchev–Trinajstić information content (AvgIpc) is 3.07. The fourth-order valence-electron chi connectivity index (χ4n) is 2.14. The normalized spacial score (nSPS) is 10.2. The first-order chi connectivity index (χ1) is 12.6. The molecule has 1 N–H and O–H groups in total. The molecule has 0 bridgehead atoms. The van der Waals surface area contributed by atoms with E-state index in [1.54, 1.807) is 19.2 Å². The van der Waals surface area contributed by atoms with Crippen LogP contribution in [0.5, 0.6) is 5.75 Å². The third-order valence-corrected chi connectivity index (χ3v) is 4.36. The lowest BCUT2D eigenvalue weighted by Gasteiger charge is -2.04. The summed E-state index contributed by atoms with van der Waals surface area (Å²) in [4.78, 5) is 28.2. The summed E-state index contributed by atoms with van der Waals surface area (Å²) in [6.45, 7) is -0.432. The van der Waals surface area contributed by atoms with Gasteiger partial charge in [-0.2, -0.15) is 5.26 Å². The Morgan fingerprint density at radius 3 is 2.69 bits per heavy atom. The second kappa shape index (κ2) is 7.63. The van der Waals surface area contributed by atoms with Crippen LogP contribution in [0.3, 0.4) is 0 Å². The van der Waals surface area contributed by atoms with E-state index in [1.165, 1.54) is 35.6 Å². The Kier molecular flexibility index (Phi) is 5.10. The van der Waals surface area contributed by atoms with Gasteiger partial charge in [-0.25, -0.2) is 9.78 Å². The minimum absolute atomic E-state index is 0.267. The van der Waals surface area contributed by atoms with Crippen molar-refractivity contribution in [3.8, 4) is 11.8 Å². The number of nitrogens with zero attached hydrogens (tertiary/aromatic N) is 2. The number of thiazole rings is 1. The molecule has 1 amide bonds. The van der Waals surface area contributed by atoms with Crippen LogP contribution < -0.4 is 10.1 Å². The van der Waals surface area contributed by atoms with Crippen LogP contribution >= 0.6 is 11.3 Å². The molecule has 3 aromatic rings. The Morgan fingerprint density at radius 2 is 2.00 bits per heavy atom. The number of amides is 1. The van der Waals surface area contributed by atoms with Crippen molar-refractivity contribution in [2.24, 2.45) is 0 Å². The molecule has 26 heavy (non-hydrogen) atoms. The van der Waals surface area contributed by atoms with Crippen molar-refractivity contribution >= 4 is 38.6 Å². The standard InChI is InChI=1S/C18H13N3O4S/c1-24-13-6-7-14-15(8-13)26-18(20-14)21-16(22)10-25-17(23)12-4-2-11(9-19)3-5-12/h2-8H,10H2,1H3,(H,20,21,22). The fourth-order valence-corrected chi connectivity index (χ4v) is 3.05. The molecule has 7 nitrogen and oxygen atoms in total. The highest BCUT2D eigenvalue weighted by Crippen LogP contribution is 2.29. The highest BCUT2D eigenvalue weighted by molar-refractivity contribution is 7.22. The number of methoxy groups -OCH3 is 1. The van der Waals surface area contributed by atoms with Crippen LogP contribution in [-0.2, 0) is 9.53 Å². The van der Waals surface area contributed by atoms with E-state index in [1.807, 2.05) is 12.1 Å². The molecular weight excluding hydrogens is 354 g/mol. The number of hydrogen-bond acceptors (Lipinski definition) is 7. The molecule has 0 radical (unpaired) electrons. The number of aromatic nitrogens is 1. The van der Waals surface area contributed by atoms with Crippen LogP contribution in [0.15, 0.2) is 42.5 Å². The molecule has 0 fully saturated rings. The number of ether oxygens (including phenoxy) is 2. The second-order valence-corrected chi connectivity index (χ2v) is 6.20. The Bertz CT molecular complexity index is 1010. The second-order valence-electron chi connectivity index (χ2n) is 5.17. The van der Waals surface area contributed by atoms with Gasteiger partial charge < -0.3 is 9.47 Å². The van der Waals surface area contributed by atoms with Crippen LogP contribution in [0.4, 0.5) is 5.13 Å². The van der Waals surface area contributed by atoms with Gasteiger partial charge in [-0.15, -0.1) is 0 Å². The number of esters is 1. The Balaban J connectivity index is 1.58. The largest absolute Gasteiger partial charge is 0.497 e. The summed E-state index contributed by atoms with van der Waals surface area (Å²) in [5, 5.41) is 11.7. The van der Waals surface area contributed by atoms with Crippen LogP contribution in [0.2, 0.25) is 0 Å². The molecule has 2 aromatic carbocycles. The summed E-state index contributed by atoms with van der Waals surface area (Å²) in [5.41, 5.74) is 1.44. The number of nitrogens with one attached hydrogen (secondary N) is 1. The molecule has 3 rings (SSSR count). The zero-order valence-corrected chi connectivity index (χ0v) is 14.5. The van der Waals surface area contributed by atoms with Gasteiger partial charge in [0.25, 0.3) is 5.91 Å². The van der Waals surface area contributed by atoms with Gasteiger partial charge in [0.15, 0.2) is 11.7 Å². The lowest BCUT2D eigenvalue weighted by atomic mass is 10.1. The SMILES string of the molecule is COc1ccc2nc(NC(=O)COC(=O)c3ccc(C#N)cc3)sc2c1. The van der Waals surface area contributed by atoms with E-state index < -0.39 is 18.5 Å². The summed E-state index contributed by atoms with van der Waals surface area (Å²) in [6, 6.07) is 13.3. The van der Waals surface area contributed by atoms with E-state index in [9.17, 15) is 9.59 Å². The number of anilines is 1. The van der Waals surface area contributed by atoms with Gasteiger partial charge in [-0.05, 0) is 42.5 Å². The van der Waals surface area contributed by atoms with Crippen molar-refractivity contribution < 1.29 is 19.1 Å². The summed E-state index contributed by atoms with van der Waals surface area (Å²) < 4.78 is 11.0. The molecule has 0 spiro atoms. The van der Waals surface area contributed by atoms with Gasteiger partial charge >= 0.3 is 5.97 Å². The quantitative estimate of drug-likeness (QED) is 0.696. The summed E-state index contributed by atoms with van der Waals surface area (Å²) in [6.07, 6.45) is 0. The number of nitriles is 1. The van der Waals surface area contributed by atoms with E-state index in [-0.39, 0.29) is 5.56 Å². The maximum Gasteiger partial charge on any atom is 0.338 e. The van der Waals surface area contributed by atoms with Gasteiger partial charge in [0, 0.05) is 0 Å². The first-order valence-electron chi connectivity index (χ1n) is 7.51. The molecule has 0 atom stereocenters. The zero-order chi connectivity index (χ0) is 18.5. The number of hydrogen-bond donors (Lipinski definition) is 1. The highest BCUT2D eigenvalue weighted by Gasteiger charge is 2.12. The molecule has 1 aromatic heterocycles.